The summed E-state index contributed by atoms with van der Waals surface area (Å²) in [6.45, 7) is 5.31. The Morgan fingerprint density at radius 2 is 2.00 bits per heavy atom. The van der Waals surface area contributed by atoms with Gasteiger partial charge < -0.3 is 15.3 Å². The van der Waals surface area contributed by atoms with Gasteiger partial charge in [0.05, 0.1) is 6.42 Å². The van der Waals surface area contributed by atoms with E-state index < -0.39 is 12.0 Å². The van der Waals surface area contributed by atoms with Crippen molar-refractivity contribution in [2.75, 3.05) is 11.9 Å². The van der Waals surface area contributed by atoms with Gasteiger partial charge in [0.2, 0.25) is 0 Å². The fourth-order valence-corrected chi connectivity index (χ4v) is 2.03. The molecule has 6 nitrogen and oxygen atoms in total. The van der Waals surface area contributed by atoms with Crippen LogP contribution < -0.4 is 5.32 Å². The molecule has 6 heteroatoms. The molecule has 1 rings (SSSR count). The zero-order valence-corrected chi connectivity index (χ0v) is 12.4. The van der Waals surface area contributed by atoms with Crippen molar-refractivity contribution in [1.29, 1.82) is 0 Å². The summed E-state index contributed by atoms with van der Waals surface area (Å²) in [5.41, 5.74) is 1.02. The summed E-state index contributed by atoms with van der Waals surface area (Å²) < 4.78 is 0. The minimum absolute atomic E-state index is 0.0855. The molecule has 1 unspecified atom stereocenters. The van der Waals surface area contributed by atoms with Gasteiger partial charge in [-0.05, 0) is 32.9 Å². The molecular formula is C15H20N2O4. The highest BCUT2D eigenvalue weighted by molar-refractivity contribution is 5.96. The van der Waals surface area contributed by atoms with Gasteiger partial charge in [-0.2, -0.15) is 0 Å². The van der Waals surface area contributed by atoms with Gasteiger partial charge >= 0.3 is 12.0 Å². The Bertz CT molecular complexity index is 542. The summed E-state index contributed by atoms with van der Waals surface area (Å²) in [4.78, 5) is 35.7. The number of nitrogens with zero attached hydrogens (tertiary/aromatic N) is 1. The number of carbonyl (C=O) groups is 3. The molecule has 0 saturated heterocycles. The SMILES string of the molecule is CCN(C(=O)Nc1cccc(C(C)=O)c1)C(C)CC(=O)O. The third-order valence-electron chi connectivity index (χ3n) is 3.12. The Morgan fingerprint density at radius 3 is 2.52 bits per heavy atom. The van der Waals surface area contributed by atoms with Crippen LogP contribution in [-0.2, 0) is 4.79 Å². The molecule has 1 atom stereocenters. The van der Waals surface area contributed by atoms with Gasteiger partial charge in [0.15, 0.2) is 5.78 Å². The van der Waals surface area contributed by atoms with Crippen molar-refractivity contribution in [1.82, 2.24) is 4.90 Å². The van der Waals surface area contributed by atoms with Crippen molar-refractivity contribution < 1.29 is 19.5 Å². The molecule has 2 N–H and O–H groups in total. The van der Waals surface area contributed by atoms with Crippen LogP contribution in [0.5, 0.6) is 0 Å². The second-order valence-electron chi connectivity index (χ2n) is 4.80. The number of carboxylic acids is 1. The number of urea groups is 1. The van der Waals surface area contributed by atoms with Crippen LogP contribution >= 0.6 is 0 Å². The minimum Gasteiger partial charge on any atom is -0.481 e. The summed E-state index contributed by atoms with van der Waals surface area (Å²) in [6.07, 6.45) is -0.116. The summed E-state index contributed by atoms with van der Waals surface area (Å²) in [7, 11) is 0. The van der Waals surface area contributed by atoms with Crippen molar-refractivity contribution in [2.24, 2.45) is 0 Å². The first-order valence-electron chi connectivity index (χ1n) is 6.75. The molecule has 0 heterocycles. The average molecular weight is 292 g/mol. The summed E-state index contributed by atoms with van der Waals surface area (Å²) in [5.74, 6) is -1.04. The second kappa shape index (κ2) is 7.42. The molecule has 21 heavy (non-hydrogen) atoms. The first-order chi connectivity index (χ1) is 9.85. The van der Waals surface area contributed by atoms with E-state index in [1.807, 2.05) is 0 Å². The molecule has 0 spiro atoms. The van der Waals surface area contributed by atoms with Crippen LogP contribution in [0.15, 0.2) is 24.3 Å². The predicted octanol–water partition coefficient (Wildman–Crippen LogP) is 2.61. The largest absolute Gasteiger partial charge is 0.481 e. The topological polar surface area (TPSA) is 86.7 Å². The van der Waals surface area contributed by atoms with E-state index in [2.05, 4.69) is 5.32 Å². The second-order valence-corrected chi connectivity index (χ2v) is 4.80. The molecule has 0 aliphatic heterocycles. The number of hydrogen-bond donors (Lipinski definition) is 2. The minimum atomic E-state index is -0.952. The third-order valence-corrected chi connectivity index (χ3v) is 3.12. The lowest BCUT2D eigenvalue weighted by molar-refractivity contribution is -0.137. The number of hydrogen-bond acceptors (Lipinski definition) is 3. The maximum atomic E-state index is 12.2. The van der Waals surface area contributed by atoms with Gasteiger partial charge in [0.25, 0.3) is 0 Å². The van der Waals surface area contributed by atoms with E-state index in [9.17, 15) is 14.4 Å². The molecule has 0 aliphatic carbocycles. The first kappa shape index (κ1) is 16.7. The van der Waals surface area contributed by atoms with Crippen molar-refractivity contribution in [3.63, 3.8) is 0 Å². The molecule has 2 amide bonds. The van der Waals surface area contributed by atoms with Gasteiger partial charge in [-0.1, -0.05) is 12.1 Å². The van der Waals surface area contributed by atoms with Gasteiger partial charge in [-0.3, -0.25) is 9.59 Å². The molecule has 114 valence electrons. The Morgan fingerprint density at radius 1 is 1.33 bits per heavy atom. The number of carboxylic acid groups (broad SMARTS) is 1. The molecule has 0 bridgehead atoms. The fraction of sp³-hybridized carbons (Fsp3) is 0.400. The average Bonchev–Trinajstić information content (AvgIpc) is 2.38. The Labute approximate surface area is 123 Å². The molecule has 1 aromatic carbocycles. The van der Waals surface area contributed by atoms with Gasteiger partial charge in [0.1, 0.15) is 0 Å². The maximum absolute atomic E-state index is 12.2. The van der Waals surface area contributed by atoms with Crippen molar-refractivity contribution in [3.8, 4) is 0 Å². The van der Waals surface area contributed by atoms with Gasteiger partial charge in [-0.25, -0.2) is 4.79 Å². The quantitative estimate of drug-likeness (QED) is 0.789. The summed E-state index contributed by atoms with van der Waals surface area (Å²) in [6, 6.07) is 5.83. The summed E-state index contributed by atoms with van der Waals surface area (Å²) in [5, 5.41) is 11.5. The Balaban J connectivity index is 2.80. The smallest absolute Gasteiger partial charge is 0.322 e. The van der Waals surface area contributed by atoms with Crippen LogP contribution in [0.25, 0.3) is 0 Å². The lowest BCUT2D eigenvalue weighted by Crippen LogP contribution is -2.42. The highest BCUT2D eigenvalue weighted by Gasteiger charge is 2.20. The normalized spacial score (nSPS) is 11.6. The van der Waals surface area contributed by atoms with Crippen LogP contribution in [0.1, 0.15) is 37.6 Å². The van der Waals surface area contributed by atoms with E-state index in [4.69, 9.17) is 5.11 Å². The number of rotatable bonds is 6. The molecular weight excluding hydrogens is 272 g/mol. The lowest BCUT2D eigenvalue weighted by Gasteiger charge is -2.27. The fourth-order valence-electron chi connectivity index (χ4n) is 2.03. The number of amides is 2. The molecule has 1 aromatic rings. The first-order valence-corrected chi connectivity index (χ1v) is 6.75. The van der Waals surface area contributed by atoms with Gasteiger partial charge in [0, 0.05) is 23.8 Å². The number of anilines is 1. The highest BCUT2D eigenvalue weighted by atomic mass is 16.4. The number of carbonyl (C=O) groups excluding carboxylic acids is 2. The maximum Gasteiger partial charge on any atom is 0.322 e. The van der Waals surface area contributed by atoms with Crippen LogP contribution in [0, 0.1) is 0 Å². The number of ketones is 1. The Kier molecular flexibility index (Phi) is 5.90. The van der Waals surface area contributed by atoms with E-state index in [1.165, 1.54) is 11.8 Å². The molecule has 0 aromatic heterocycles. The molecule has 0 fully saturated rings. The third kappa shape index (κ3) is 4.91. The molecule has 0 saturated carbocycles. The van der Waals surface area contributed by atoms with E-state index in [-0.39, 0.29) is 18.2 Å². The number of aliphatic carboxylic acids is 1. The number of benzene rings is 1. The zero-order valence-electron chi connectivity index (χ0n) is 12.4. The van der Waals surface area contributed by atoms with Crippen molar-refractivity contribution in [3.05, 3.63) is 29.8 Å². The Hall–Kier alpha value is -2.37. The summed E-state index contributed by atoms with van der Waals surface area (Å²) >= 11 is 0. The highest BCUT2D eigenvalue weighted by Crippen LogP contribution is 2.13. The van der Waals surface area contributed by atoms with E-state index >= 15 is 0 Å². The predicted molar refractivity (Wildman–Crippen MR) is 79.6 cm³/mol. The number of nitrogens with one attached hydrogen (secondary N) is 1. The van der Waals surface area contributed by atoms with Crippen LogP contribution in [0.2, 0.25) is 0 Å². The van der Waals surface area contributed by atoms with E-state index in [0.29, 0.717) is 17.8 Å². The number of Topliss-reactive ketones (excluding diaryl/α,β-unsaturated/α-hetero) is 1. The zero-order chi connectivity index (χ0) is 16.0. The lowest BCUT2D eigenvalue weighted by atomic mass is 10.1. The van der Waals surface area contributed by atoms with Crippen LogP contribution in [0.4, 0.5) is 10.5 Å². The van der Waals surface area contributed by atoms with Crippen LogP contribution in [0.3, 0.4) is 0 Å². The monoisotopic (exact) mass is 292 g/mol. The van der Waals surface area contributed by atoms with Crippen LogP contribution in [-0.4, -0.2) is 40.4 Å². The molecule has 0 radical (unpaired) electrons. The van der Waals surface area contributed by atoms with E-state index in [0.717, 1.165) is 0 Å². The van der Waals surface area contributed by atoms with E-state index in [1.54, 1.807) is 38.1 Å². The van der Waals surface area contributed by atoms with Crippen molar-refractivity contribution in [2.45, 2.75) is 33.2 Å². The van der Waals surface area contributed by atoms with Crippen molar-refractivity contribution >= 4 is 23.5 Å². The molecule has 0 aliphatic rings. The van der Waals surface area contributed by atoms with Gasteiger partial charge in [-0.15, -0.1) is 0 Å². The standard InChI is InChI=1S/C15H20N2O4/c1-4-17(10(2)8-14(19)20)15(21)16-13-7-5-6-12(9-13)11(3)18/h5-7,9-10H,4,8H2,1-3H3,(H,16,21)(H,19,20).